The second kappa shape index (κ2) is 3.98. The third-order valence-electron chi connectivity index (χ3n) is 2.57. The second-order valence-corrected chi connectivity index (χ2v) is 4.46. The van der Waals surface area contributed by atoms with E-state index in [4.69, 9.17) is 0 Å². The van der Waals surface area contributed by atoms with E-state index in [2.05, 4.69) is 0 Å². The molecule has 1 aromatic rings. The van der Waals surface area contributed by atoms with E-state index in [0.717, 1.165) is 12.0 Å². The standard InChI is InChI=1S/C11H10O3S/c12-11-9-6-2-1-4-8(9)5-3-7-10(11)15(13)14/h1-2,4,6H,3,5,7H2. The van der Waals surface area contributed by atoms with Crippen molar-refractivity contribution in [3.8, 4) is 0 Å². The average Bonchev–Trinajstić information content (AvgIpc) is 2.39. The minimum atomic E-state index is -2.38. The Kier molecular flexibility index (Phi) is 2.68. The summed E-state index contributed by atoms with van der Waals surface area (Å²) in [6.45, 7) is 0. The molecular formula is C11H10O3S. The van der Waals surface area contributed by atoms with Gasteiger partial charge in [-0.1, -0.05) is 24.3 Å². The monoisotopic (exact) mass is 222 g/mol. The van der Waals surface area contributed by atoms with Crippen molar-refractivity contribution in [3.63, 3.8) is 0 Å². The van der Waals surface area contributed by atoms with Gasteiger partial charge in [0.2, 0.25) is 16.1 Å². The molecule has 0 aromatic heterocycles. The number of carbonyl (C=O) groups is 1. The van der Waals surface area contributed by atoms with Crippen LogP contribution in [0.25, 0.3) is 0 Å². The van der Waals surface area contributed by atoms with Crippen molar-refractivity contribution < 1.29 is 13.2 Å². The quantitative estimate of drug-likeness (QED) is 0.490. The highest BCUT2D eigenvalue weighted by Crippen LogP contribution is 2.18. The van der Waals surface area contributed by atoms with Crippen LogP contribution in [0, 0.1) is 0 Å². The third-order valence-corrected chi connectivity index (χ3v) is 3.36. The SMILES string of the molecule is O=C1C(=S(=O)=O)CCCc2ccccc21. The van der Waals surface area contributed by atoms with Crippen molar-refractivity contribution in [3.05, 3.63) is 35.4 Å². The van der Waals surface area contributed by atoms with Crippen LogP contribution in [0.15, 0.2) is 24.3 Å². The predicted octanol–water partition coefficient (Wildman–Crippen LogP) is 1.26. The normalized spacial score (nSPS) is 15.7. The fourth-order valence-corrected chi connectivity index (χ4v) is 2.39. The zero-order valence-corrected chi connectivity index (χ0v) is 8.88. The number of hydrogen-bond donors (Lipinski definition) is 0. The van der Waals surface area contributed by atoms with Crippen LogP contribution < -0.4 is 0 Å². The first-order valence-corrected chi connectivity index (χ1v) is 5.85. The van der Waals surface area contributed by atoms with Gasteiger partial charge in [-0.25, -0.2) is 0 Å². The van der Waals surface area contributed by atoms with E-state index in [1.807, 2.05) is 12.1 Å². The lowest BCUT2D eigenvalue weighted by molar-refractivity contribution is 0.106. The summed E-state index contributed by atoms with van der Waals surface area (Å²) in [6.07, 6.45) is 1.83. The van der Waals surface area contributed by atoms with Crippen molar-refractivity contribution >= 4 is 20.9 Å². The van der Waals surface area contributed by atoms with Gasteiger partial charge in [0, 0.05) is 5.56 Å². The molecule has 0 atom stereocenters. The summed E-state index contributed by atoms with van der Waals surface area (Å²) in [5.41, 5.74) is 1.48. The van der Waals surface area contributed by atoms with Gasteiger partial charge in [0.1, 0.15) is 4.86 Å². The van der Waals surface area contributed by atoms with E-state index >= 15 is 0 Å². The number of hydrogen-bond acceptors (Lipinski definition) is 3. The zero-order chi connectivity index (χ0) is 10.8. The fraction of sp³-hybridized carbons (Fsp3) is 0.273. The Labute approximate surface area is 89.3 Å². The maximum absolute atomic E-state index is 11.8. The Morgan fingerprint density at radius 2 is 1.80 bits per heavy atom. The summed E-state index contributed by atoms with van der Waals surface area (Å²) in [7, 11) is -2.38. The Morgan fingerprint density at radius 1 is 1.07 bits per heavy atom. The number of rotatable bonds is 0. The summed E-state index contributed by atoms with van der Waals surface area (Å²) in [4.78, 5) is 11.9. The molecule has 0 heterocycles. The van der Waals surface area contributed by atoms with Crippen LogP contribution in [-0.2, 0) is 16.7 Å². The third kappa shape index (κ3) is 1.85. The summed E-state index contributed by atoms with van der Waals surface area (Å²) in [6, 6.07) is 7.19. The molecule has 0 aliphatic heterocycles. The molecule has 3 nitrogen and oxygen atoms in total. The first-order chi connectivity index (χ1) is 7.20. The fourth-order valence-electron chi connectivity index (χ4n) is 1.82. The number of aryl methyl sites for hydroxylation is 1. The van der Waals surface area contributed by atoms with Gasteiger partial charge in [0.05, 0.1) is 0 Å². The highest BCUT2D eigenvalue weighted by atomic mass is 32.2. The maximum Gasteiger partial charge on any atom is 0.221 e. The van der Waals surface area contributed by atoms with E-state index in [1.165, 1.54) is 0 Å². The number of Topliss-reactive ketones (excluding diaryl/α,β-unsaturated/α-hetero) is 1. The summed E-state index contributed by atoms with van der Waals surface area (Å²) in [5, 5.41) is 0. The minimum Gasteiger partial charge on any atom is -0.288 e. The van der Waals surface area contributed by atoms with E-state index in [9.17, 15) is 13.2 Å². The van der Waals surface area contributed by atoms with E-state index in [-0.39, 0.29) is 10.6 Å². The molecule has 1 aliphatic carbocycles. The lowest BCUT2D eigenvalue weighted by Crippen LogP contribution is -2.14. The molecular weight excluding hydrogens is 212 g/mol. The highest BCUT2D eigenvalue weighted by Gasteiger charge is 2.21. The van der Waals surface area contributed by atoms with Crippen LogP contribution in [0.2, 0.25) is 0 Å². The second-order valence-electron chi connectivity index (χ2n) is 3.50. The molecule has 2 rings (SSSR count). The molecule has 0 saturated carbocycles. The van der Waals surface area contributed by atoms with Gasteiger partial charge in [-0.05, 0) is 24.8 Å². The minimum absolute atomic E-state index is 0.0138. The molecule has 0 spiro atoms. The first kappa shape index (κ1) is 10.1. The number of ketones is 1. The van der Waals surface area contributed by atoms with Gasteiger partial charge in [0.25, 0.3) is 0 Å². The van der Waals surface area contributed by atoms with Crippen molar-refractivity contribution in [2.45, 2.75) is 19.3 Å². The summed E-state index contributed by atoms with van der Waals surface area (Å²) < 4.78 is 21.7. The van der Waals surface area contributed by atoms with Crippen molar-refractivity contribution in [1.82, 2.24) is 0 Å². The molecule has 4 heteroatoms. The molecule has 15 heavy (non-hydrogen) atoms. The first-order valence-electron chi connectivity index (χ1n) is 4.78. The summed E-state index contributed by atoms with van der Waals surface area (Å²) in [5.74, 6) is -0.337. The van der Waals surface area contributed by atoms with Crippen LogP contribution in [-0.4, -0.2) is 19.1 Å². The number of fused-ring (bicyclic) bond motifs is 1. The van der Waals surface area contributed by atoms with Crippen LogP contribution in [0.1, 0.15) is 28.8 Å². The van der Waals surface area contributed by atoms with E-state index < -0.39 is 10.3 Å². The van der Waals surface area contributed by atoms with Crippen LogP contribution in [0.3, 0.4) is 0 Å². The van der Waals surface area contributed by atoms with Gasteiger partial charge in [0.15, 0.2) is 0 Å². The Morgan fingerprint density at radius 3 is 2.53 bits per heavy atom. The Balaban J connectivity index is 2.63. The van der Waals surface area contributed by atoms with Crippen LogP contribution >= 0.6 is 0 Å². The molecule has 0 radical (unpaired) electrons. The molecule has 78 valence electrons. The van der Waals surface area contributed by atoms with E-state index in [0.29, 0.717) is 18.4 Å². The zero-order valence-electron chi connectivity index (χ0n) is 8.06. The van der Waals surface area contributed by atoms with Crippen molar-refractivity contribution in [2.24, 2.45) is 0 Å². The molecule has 0 unspecified atom stereocenters. The van der Waals surface area contributed by atoms with Gasteiger partial charge in [-0.3, -0.25) is 4.79 Å². The number of carbonyl (C=O) groups excluding carboxylic acids is 1. The van der Waals surface area contributed by atoms with E-state index in [1.54, 1.807) is 12.1 Å². The van der Waals surface area contributed by atoms with Crippen LogP contribution in [0.5, 0.6) is 0 Å². The number of benzene rings is 1. The molecule has 0 saturated heterocycles. The van der Waals surface area contributed by atoms with Gasteiger partial charge in [-0.2, -0.15) is 8.42 Å². The Hall–Kier alpha value is -1.42. The molecule has 1 aromatic carbocycles. The molecule has 0 bridgehead atoms. The van der Waals surface area contributed by atoms with Crippen molar-refractivity contribution in [2.75, 3.05) is 0 Å². The van der Waals surface area contributed by atoms with Crippen molar-refractivity contribution in [1.29, 1.82) is 0 Å². The smallest absolute Gasteiger partial charge is 0.221 e. The maximum atomic E-state index is 11.8. The van der Waals surface area contributed by atoms with Gasteiger partial charge >= 0.3 is 0 Å². The predicted molar refractivity (Wildman–Crippen MR) is 57.6 cm³/mol. The van der Waals surface area contributed by atoms with Gasteiger partial charge in [-0.15, -0.1) is 0 Å². The average molecular weight is 222 g/mol. The highest BCUT2D eigenvalue weighted by molar-refractivity contribution is 7.74. The Bertz CT molecular complexity index is 533. The van der Waals surface area contributed by atoms with Gasteiger partial charge < -0.3 is 0 Å². The topological polar surface area (TPSA) is 51.2 Å². The molecule has 0 fully saturated rings. The molecule has 0 N–H and O–H groups in total. The largest absolute Gasteiger partial charge is 0.288 e. The molecule has 1 aliphatic rings. The van der Waals surface area contributed by atoms with Crippen LogP contribution in [0.4, 0.5) is 0 Å². The lowest BCUT2D eigenvalue weighted by atomic mass is 10.0. The summed E-state index contributed by atoms with van der Waals surface area (Å²) >= 11 is 0. The molecule has 0 amide bonds. The lowest BCUT2D eigenvalue weighted by Gasteiger charge is -2.01.